The summed E-state index contributed by atoms with van der Waals surface area (Å²) in [5.41, 5.74) is 1.21. The molecule has 1 heterocycles. The van der Waals surface area contributed by atoms with Crippen LogP contribution in [0.1, 0.15) is 12.0 Å². The van der Waals surface area contributed by atoms with Gasteiger partial charge in [-0.2, -0.15) is 0 Å². The van der Waals surface area contributed by atoms with Gasteiger partial charge >= 0.3 is 0 Å². The normalized spacial score (nSPS) is 20.7. The molecule has 0 aromatic heterocycles. The molecule has 18 heavy (non-hydrogen) atoms. The number of ether oxygens (including phenoxy) is 2. The summed E-state index contributed by atoms with van der Waals surface area (Å²) in [5.74, 6) is 0.898. The van der Waals surface area contributed by atoms with E-state index >= 15 is 0 Å². The summed E-state index contributed by atoms with van der Waals surface area (Å²) in [6.07, 6.45) is 5.92. The Hall–Kier alpha value is -1.32. The van der Waals surface area contributed by atoms with Crippen LogP contribution in [-0.2, 0) is 4.74 Å². The smallest absolute Gasteiger partial charge is 0.118 e. The zero-order valence-corrected chi connectivity index (χ0v) is 11.1. The van der Waals surface area contributed by atoms with Crippen LogP contribution in [0.5, 0.6) is 5.75 Å². The molecule has 0 bridgehead atoms. The fourth-order valence-corrected chi connectivity index (χ4v) is 2.21. The number of hydrogen-bond donors (Lipinski definition) is 0. The molecule has 1 aromatic carbocycles. The highest BCUT2D eigenvalue weighted by Crippen LogP contribution is 2.14. The molecule has 0 radical (unpaired) electrons. The van der Waals surface area contributed by atoms with E-state index in [1.54, 1.807) is 14.2 Å². The van der Waals surface area contributed by atoms with Gasteiger partial charge in [-0.15, -0.1) is 0 Å². The molecule has 1 aliphatic rings. The molecule has 1 unspecified atom stereocenters. The maximum absolute atomic E-state index is 5.35. The Morgan fingerprint density at radius 3 is 2.67 bits per heavy atom. The quantitative estimate of drug-likeness (QED) is 0.797. The van der Waals surface area contributed by atoms with Crippen LogP contribution in [0.15, 0.2) is 30.3 Å². The summed E-state index contributed by atoms with van der Waals surface area (Å²) in [6.45, 7) is 3.17. The molecule has 3 nitrogen and oxygen atoms in total. The molecule has 0 spiro atoms. The van der Waals surface area contributed by atoms with Gasteiger partial charge in [-0.1, -0.05) is 24.3 Å². The molecule has 1 aliphatic heterocycles. The molecule has 0 saturated carbocycles. The number of nitrogens with zero attached hydrogens (tertiary/aromatic N) is 1. The number of rotatable bonds is 5. The second-order valence-corrected chi connectivity index (χ2v) is 4.58. The lowest BCUT2D eigenvalue weighted by Crippen LogP contribution is -2.22. The van der Waals surface area contributed by atoms with Crippen LogP contribution in [-0.4, -0.2) is 44.9 Å². The first kappa shape index (κ1) is 13.1. The van der Waals surface area contributed by atoms with Crippen molar-refractivity contribution in [3.63, 3.8) is 0 Å². The van der Waals surface area contributed by atoms with Gasteiger partial charge in [0, 0.05) is 26.7 Å². The van der Waals surface area contributed by atoms with E-state index < -0.39 is 0 Å². The second kappa shape index (κ2) is 6.57. The Labute approximate surface area is 109 Å². The van der Waals surface area contributed by atoms with E-state index in [9.17, 15) is 0 Å². The Morgan fingerprint density at radius 1 is 1.28 bits per heavy atom. The monoisotopic (exact) mass is 247 g/mol. The fraction of sp³-hybridized carbons (Fsp3) is 0.467. The van der Waals surface area contributed by atoms with E-state index in [2.05, 4.69) is 29.2 Å². The summed E-state index contributed by atoms with van der Waals surface area (Å²) in [4.78, 5) is 2.41. The van der Waals surface area contributed by atoms with Crippen molar-refractivity contribution in [2.75, 3.05) is 33.9 Å². The number of benzene rings is 1. The van der Waals surface area contributed by atoms with E-state index in [-0.39, 0.29) is 0 Å². The van der Waals surface area contributed by atoms with Crippen LogP contribution in [0.3, 0.4) is 0 Å². The lowest BCUT2D eigenvalue weighted by Gasteiger charge is -2.12. The van der Waals surface area contributed by atoms with Crippen molar-refractivity contribution in [1.29, 1.82) is 0 Å². The molecule has 0 N–H and O–H groups in total. The Bertz CT molecular complexity index is 386. The fourth-order valence-electron chi connectivity index (χ4n) is 2.21. The van der Waals surface area contributed by atoms with Crippen molar-refractivity contribution in [2.24, 2.45) is 0 Å². The van der Waals surface area contributed by atoms with Crippen LogP contribution < -0.4 is 4.74 Å². The molecule has 1 saturated heterocycles. The first-order valence-corrected chi connectivity index (χ1v) is 6.37. The molecule has 98 valence electrons. The molecule has 1 atom stereocenters. The molecular formula is C15H21NO2. The lowest BCUT2D eigenvalue weighted by atomic mass is 10.2. The number of methoxy groups -OCH3 is 2. The average molecular weight is 247 g/mol. The largest absolute Gasteiger partial charge is 0.497 e. The summed E-state index contributed by atoms with van der Waals surface area (Å²) in [5, 5.41) is 0. The maximum atomic E-state index is 5.35. The third-order valence-corrected chi connectivity index (χ3v) is 3.35. The third-order valence-electron chi connectivity index (χ3n) is 3.35. The van der Waals surface area contributed by atoms with Gasteiger partial charge in [0.25, 0.3) is 0 Å². The third kappa shape index (κ3) is 3.59. The van der Waals surface area contributed by atoms with E-state index in [0.717, 1.165) is 31.8 Å². The molecule has 3 heteroatoms. The van der Waals surface area contributed by atoms with Crippen LogP contribution in [0.25, 0.3) is 6.08 Å². The maximum Gasteiger partial charge on any atom is 0.118 e. The van der Waals surface area contributed by atoms with E-state index in [4.69, 9.17) is 9.47 Å². The Morgan fingerprint density at radius 2 is 2.06 bits per heavy atom. The lowest BCUT2D eigenvalue weighted by molar-refractivity contribution is 0.109. The molecule has 0 aliphatic carbocycles. The highest BCUT2D eigenvalue weighted by molar-refractivity contribution is 5.50. The highest BCUT2D eigenvalue weighted by Gasteiger charge is 2.20. The van der Waals surface area contributed by atoms with Crippen molar-refractivity contribution in [3.8, 4) is 5.75 Å². The topological polar surface area (TPSA) is 21.7 Å². The minimum Gasteiger partial charge on any atom is -0.497 e. The average Bonchev–Trinajstić information content (AvgIpc) is 2.87. The van der Waals surface area contributed by atoms with Crippen molar-refractivity contribution < 1.29 is 9.47 Å². The van der Waals surface area contributed by atoms with Crippen molar-refractivity contribution >= 4 is 6.08 Å². The SMILES string of the molecule is COc1ccc(/C=C/CN2CCC(OC)C2)cc1. The van der Waals surface area contributed by atoms with Crippen LogP contribution in [0.2, 0.25) is 0 Å². The Kier molecular flexibility index (Phi) is 4.79. The molecule has 0 amide bonds. The predicted octanol–water partition coefficient (Wildman–Crippen LogP) is 2.43. The minimum absolute atomic E-state index is 0.416. The van der Waals surface area contributed by atoms with Crippen LogP contribution in [0, 0.1) is 0 Å². The van der Waals surface area contributed by atoms with Gasteiger partial charge in [-0.25, -0.2) is 0 Å². The molecule has 1 aromatic rings. The molecule has 1 fully saturated rings. The minimum atomic E-state index is 0.416. The summed E-state index contributed by atoms with van der Waals surface area (Å²) < 4.78 is 10.5. The molecule has 2 rings (SSSR count). The number of likely N-dealkylation sites (tertiary alicyclic amines) is 1. The summed E-state index contributed by atoms with van der Waals surface area (Å²) in [7, 11) is 3.48. The Balaban J connectivity index is 1.80. The van der Waals surface area contributed by atoms with Crippen LogP contribution in [0.4, 0.5) is 0 Å². The van der Waals surface area contributed by atoms with E-state index in [0.29, 0.717) is 6.10 Å². The van der Waals surface area contributed by atoms with Gasteiger partial charge in [0.2, 0.25) is 0 Å². The van der Waals surface area contributed by atoms with Crippen molar-refractivity contribution in [3.05, 3.63) is 35.9 Å². The summed E-state index contributed by atoms with van der Waals surface area (Å²) in [6, 6.07) is 8.10. The van der Waals surface area contributed by atoms with Crippen molar-refractivity contribution in [2.45, 2.75) is 12.5 Å². The second-order valence-electron chi connectivity index (χ2n) is 4.58. The van der Waals surface area contributed by atoms with Gasteiger partial charge in [0.05, 0.1) is 13.2 Å². The molecular weight excluding hydrogens is 226 g/mol. The highest BCUT2D eigenvalue weighted by atomic mass is 16.5. The van der Waals surface area contributed by atoms with Crippen molar-refractivity contribution in [1.82, 2.24) is 4.90 Å². The van der Waals surface area contributed by atoms with Gasteiger partial charge in [0.1, 0.15) is 5.75 Å². The predicted molar refractivity (Wildman–Crippen MR) is 73.9 cm³/mol. The van der Waals surface area contributed by atoms with E-state index in [1.807, 2.05) is 12.1 Å². The van der Waals surface area contributed by atoms with E-state index in [1.165, 1.54) is 5.56 Å². The van der Waals surface area contributed by atoms with Gasteiger partial charge < -0.3 is 9.47 Å². The first-order valence-electron chi connectivity index (χ1n) is 6.37. The van der Waals surface area contributed by atoms with Gasteiger partial charge in [-0.05, 0) is 24.1 Å². The number of hydrogen-bond acceptors (Lipinski definition) is 3. The van der Waals surface area contributed by atoms with Gasteiger partial charge in [0.15, 0.2) is 0 Å². The first-order chi connectivity index (χ1) is 8.81. The van der Waals surface area contributed by atoms with Crippen LogP contribution >= 0.6 is 0 Å². The van der Waals surface area contributed by atoms with Gasteiger partial charge in [-0.3, -0.25) is 4.90 Å². The zero-order valence-electron chi connectivity index (χ0n) is 11.1. The summed E-state index contributed by atoms with van der Waals surface area (Å²) >= 11 is 0. The standard InChI is InChI=1S/C15H21NO2/c1-17-14-7-5-13(6-8-14)4-3-10-16-11-9-15(12-16)18-2/h3-8,15H,9-12H2,1-2H3/b4-3+. The zero-order chi connectivity index (χ0) is 12.8.